The van der Waals surface area contributed by atoms with Crippen LogP contribution >= 0.6 is 11.3 Å². The van der Waals surface area contributed by atoms with Gasteiger partial charge in [0, 0.05) is 35.6 Å². The summed E-state index contributed by atoms with van der Waals surface area (Å²) in [6.45, 7) is 6.27. The standard InChI is InChI=1S/C25H26FN3O3S/c1-14-22(15(2)32-28-14)17-8-20-23(27-10-17)19(18-9-21(24(30)31)33-13-18)12-29(20)11-16-4-6-25(3,26)7-5-16/h8-10,12-13,16H,4-7,11H2,1-3H3,(H,30,31). The fourth-order valence-corrected chi connectivity index (χ4v) is 5.63. The summed E-state index contributed by atoms with van der Waals surface area (Å²) in [5.74, 6) is 0.197. The first-order valence-corrected chi connectivity index (χ1v) is 12.0. The molecule has 0 saturated heterocycles. The van der Waals surface area contributed by atoms with Crippen LogP contribution in [-0.2, 0) is 6.54 Å². The first-order chi connectivity index (χ1) is 15.7. The van der Waals surface area contributed by atoms with Crippen LogP contribution in [0.25, 0.3) is 33.3 Å². The molecule has 6 nitrogen and oxygen atoms in total. The summed E-state index contributed by atoms with van der Waals surface area (Å²) in [6.07, 6.45) is 6.74. The second-order valence-corrected chi connectivity index (χ2v) is 10.3. The number of hydrogen-bond acceptors (Lipinski definition) is 5. The van der Waals surface area contributed by atoms with Gasteiger partial charge in [0.1, 0.15) is 16.3 Å². The Morgan fingerprint density at radius 1 is 1.30 bits per heavy atom. The monoisotopic (exact) mass is 467 g/mol. The van der Waals surface area contributed by atoms with Crippen molar-refractivity contribution in [3.8, 4) is 22.3 Å². The number of fused-ring (bicyclic) bond motifs is 1. The van der Waals surface area contributed by atoms with Gasteiger partial charge in [-0.1, -0.05) is 5.16 Å². The second kappa shape index (κ2) is 8.09. The molecule has 0 aliphatic heterocycles. The number of rotatable bonds is 5. The van der Waals surface area contributed by atoms with E-state index in [4.69, 9.17) is 9.51 Å². The van der Waals surface area contributed by atoms with E-state index in [1.54, 1.807) is 13.0 Å². The van der Waals surface area contributed by atoms with Gasteiger partial charge in [0.15, 0.2) is 0 Å². The molecule has 1 aliphatic carbocycles. The largest absolute Gasteiger partial charge is 0.477 e. The summed E-state index contributed by atoms with van der Waals surface area (Å²) in [6, 6.07) is 3.80. The van der Waals surface area contributed by atoms with Crippen molar-refractivity contribution in [1.29, 1.82) is 0 Å². The maximum atomic E-state index is 14.3. The van der Waals surface area contributed by atoms with E-state index in [1.165, 1.54) is 11.3 Å². The molecule has 0 aromatic carbocycles. The number of carboxylic acids is 1. The molecule has 0 spiro atoms. The van der Waals surface area contributed by atoms with Crippen molar-refractivity contribution in [3.05, 3.63) is 46.2 Å². The van der Waals surface area contributed by atoms with Crippen LogP contribution in [0.15, 0.2) is 34.4 Å². The molecule has 0 atom stereocenters. The summed E-state index contributed by atoms with van der Waals surface area (Å²) in [5.41, 5.74) is 5.16. The predicted octanol–water partition coefficient (Wildman–Crippen LogP) is 6.65. The Morgan fingerprint density at radius 2 is 2.06 bits per heavy atom. The lowest BCUT2D eigenvalue weighted by Gasteiger charge is -2.31. The van der Waals surface area contributed by atoms with Crippen molar-refractivity contribution >= 4 is 28.3 Å². The smallest absolute Gasteiger partial charge is 0.345 e. The van der Waals surface area contributed by atoms with E-state index in [0.29, 0.717) is 23.6 Å². The third-order valence-electron chi connectivity index (χ3n) is 6.76. The predicted molar refractivity (Wildman–Crippen MR) is 126 cm³/mol. The lowest BCUT2D eigenvalue weighted by Crippen LogP contribution is -2.27. The molecule has 33 heavy (non-hydrogen) atoms. The van der Waals surface area contributed by atoms with Gasteiger partial charge in [0.25, 0.3) is 0 Å². The second-order valence-electron chi connectivity index (χ2n) is 9.35. The van der Waals surface area contributed by atoms with Crippen molar-refractivity contribution < 1.29 is 18.8 Å². The van der Waals surface area contributed by atoms with Gasteiger partial charge in [-0.2, -0.15) is 0 Å². The van der Waals surface area contributed by atoms with Crippen LogP contribution in [-0.4, -0.2) is 31.5 Å². The average Bonchev–Trinajstić information content (AvgIpc) is 3.47. The minimum atomic E-state index is -1.07. The van der Waals surface area contributed by atoms with Crippen molar-refractivity contribution in [2.24, 2.45) is 5.92 Å². The molecule has 0 amide bonds. The number of carboxylic acid groups (broad SMARTS) is 1. The fraction of sp³-hybridized carbons (Fsp3) is 0.400. The SMILES string of the molecule is Cc1noc(C)c1-c1cnc2c(-c3csc(C(=O)O)c3)cn(CC3CCC(C)(F)CC3)c2c1. The Hall–Kier alpha value is -3.00. The summed E-state index contributed by atoms with van der Waals surface area (Å²) >= 11 is 1.21. The molecular weight excluding hydrogens is 441 g/mol. The van der Waals surface area contributed by atoms with Gasteiger partial charge >= 0.3 is 5.97 Å². The quantitative estimate of drug-likeness (QED) is 0.355. The molecule has 1 fully saturated rings. The molecule has 4 heterocycles. The number of aryl methyl sites for hydroxylation is 2. The molecule has 8 heteroatoms. The Labute approximate surface area is 195 Å². The highest BCUT2D eigenvalue weighted by atomic mass is 32.1. The highest BCUT2D eigenvalue weighted by Crippen LogP contribution is 2.39. The number of halogens is 1. The van der Waals surface area contributed by atoms with Crippen LogP contribution in [0.5, 0.6) is 0 Å². The van der Waals surface area contributed by atoms with E-state index in [1.807, 2.05) is 25.4 Å². The fourth-order valence-electron chi connectivity index (χ4n) is 4.89. The Bertz CT molecular complexity index is 1320. The lowest BCUT2D eigenvalue weighted by atomic mass is 9.81. The first-order valence-electron chi connectivity index (χ1n) is 11.1. The first kappa shape index (κ1) is 21.8. The molecule has 172 valence electrons. The van der Waals surface area contributed by atoms with Crippen molar-refractivity contribution in [2.45, 2.75) is 58.7 Å². The zero-order chi connectivity index (χ0) is 23.3. The number of pyridine rings is 1. The van der Waals surface area contributed by atoms with Gasteiger partial charge < -0.3 is 14.2 Å². The number of nitrogens with zero attached hydrogens (tertiary/aromatic N) is 3. The van der Waals surface area contributed by atoms with Crippen LogP contribution in [0.1, 0.15) is 53.7 Å². The van der Waals surface area contributed by atoms with E-state index in [2.05, 4.69) is 22.0 Å². The molecule has 1 saturated carbocycles. The number of hydrogen-bond donors (Lipinski definition) is 1. The topological polar surface area (TPSA) is 81.2 Å². The third-order valence-corrected chi connectivity index (χ3v) is 7.68. The van der Waals surface area contributed by atoms with E-state index < -0.39 is 11.6 Å². The van der Waals surface area contributed by atoms with Crippen LogP contribution in [0.3, 0.4) is 0 Å². The van der Waals surface area contributed by atoms with Crippen molar-refractivity contribution in [2.75, 3.05) is 0 Å². The average molecular weight is 468 g/mol. The van der Waals surface area contributed by atoms with E-state index >= 15 is 0 Å². The molecule has 4 aromatic heterocycles. The van der Waals surface area contributed by atoms with E-state index in [-0.39, 0.29) is 0 Å². The Morgan fingerprint density at radius 3 is 2.70 bits per heavy atom. The molecule has 0 unspecified atom stereocenters. The van der Waals surface area contributed by atoms with Crippen LogP contribution in [0, 0.1) is 19.8 Å². The molecule has 1 N–H and O–H groups in total. The number of alkyl halides is 1. The maximum absolute atomic E-state index is 14.3. The minimum Gasteiger partial charge on any atom is -0.477 e. The van der Waals surface area contributed by atoms with Gasteiger partial charge in [0.2, 0.25) is 0 Å². The lowest BCUT2D eigenvalue weighted by molar-refractivity contribution is 0.0702. The molecule has 4 aromatic rings. The Kier molecular flexibility index (Phi) is 5.35. The van der Waals surface area contributed by atoms with Crippen LogP contribution < -0.4 is 0 Å². The van der Waals surface area contributed by atoms with Gasteiger partial charge in [-0.25, -0.2) is 9.18 Å². The zero-order valence-electron chi connectivity index (χ0n) is 18.9. The molecule has 0 bridgehead atoms. The number of thiophene rings is 1. The number of aromatic carboxylic acids is 1. The minimum absolute atomic E-state index is 0.299. The molecule has 1 aliphatic rings. The summed E-state index contributed by atoms with van der Waals surface area (Å²) < 4.78 is 21.9. The van der Waals surface area contributed by atoms with Crippen LogP contribution in [0.4, 0.5) is 4.39 Å². The van der Waals surface area contributed by atoms with Crippen LogP contribution in [0.2, 0.25) is 0 Å². The van der Waals surface area contributed by atoms with Gasteiger partial charge in [-0.05, 0) is 75.4 Å². The maximum Gasteiger partial charge on any atom is 0.345 e. The molecule has 5 rings (SSSR count). The van der Waals surface area contributed by atoms with Gasteiger partial charge in [-0.15, -0.1) is 11.3 Å². The highest BCUT2D eigenvalue weighted by molar-refractivity contribution is 7.12. The normalized spacial score (nSPS) is 21.0. The number of carbonyl (C=O) groups is 1. The highest BCUT2D eigenvalue weighted by Gasteiger charge is 2.31. The molecular formula is C25H26FN3O3S. The third kappa shape index (κ3) is 4.08. The van der Waals surface area contributed by atoms with Gasteiger partial charge in [-0.3, -0.25) is 4.98 Å². The zero-order valence-corrected chi connectivity index (χ0v) is 19.7. The van der Waals surface area contributed by atoms with Crippen molar-refractivity contribution in [3.63, 3.8) is 0 Å². The molecule has 0 radical (unpaired) electrons. The Balaban J connectivity index is 1.60. The van der Waals surface area contributed by atoms with E-state index in [0.717, 1.165) is 64.1 Å². The number of aromatic nitrogens is 3. The van der Waals surface area contributed by atoms with Gasteiger partial charge in [0.05, 0.1) is 16.7 Å². The van der Waals surface area contributed by atoms with Crippen molar-refractivity contribution in [1.82, 2.24) is 14.7 Å². The summed E-state index contributed by atoms with van der Waals surface area (Å²) in [7, 11) is 0. The summed E-state index contributed by atoms with van der Waals surface area (Å²) in [4.78, 5) is 16.5. The summed E-state index contributed by atoms with van der Waals surface area (Å²) in [5, 5.41) is 15.3. The van der Waals surface area contributed by atoms with E-state index in [9.17, 15) is 14.3 Å².